The van der Waals surface area contributed by atoms with Crippen LogP contribution in [0.15, 0.2) is 85.1 Å². The Kier molecular flexibility index (Phi) is 28.4. The highest BCUT2D eigenvalue weighted by Gasteiger charge is 1.99. The SMILES string of the molecule is CC/C=C\C/C=C\C/C=C\C/C=C\C/C=C\C/C=C\CCC(=O)NCCOCCOCCNC(=O)/C=C/C(=O)OC. The van der Waals surface area contributed by atoms with Crippen LogP contribution in [0.25, 0.3) is 0 Å². The smallest absolute Gasteiger partial charge is 0.330 e. The minimum absolute atomic E-state index is 0.00127. The summed E-state index contributed by atoms with van der Waals surface area (Å²) in [5.74, 6) is -0.984. The summed E-state index contributed by atoms with van der Waals surface area (Å²) in [6.07, 6.45) is 35.1. The maximum absolute atomic E-state index is 11.9. The zero-order valence-corrected chi connectivity index (χ0v) is 24.9. The summed E-state index contributed by atoms with van der Waals surface area (Å²) in [5.41, 5.74) is 0. The Balaban J connectivity index is 3.53. The second-order valence-electron chi connectivity index (χ2n) is 8.68. The average molecular weight is 571 g/mol. The van der Waals surface area contributed by atoms with Crippen LogP contribution in [0.5, 0.6) is 0 Å². The number of hydrogen-bond donors (Lipinski definition) is 2. The van der Waals surface area contributed by atoms with E-state index in [4.69, 9.17) is 9.47 Å². The number of carbonyl (C=O) groups is 3. The molecule has 0 saturated heterocycles. The molecule has 0 spiro atoms. The first-order chi connectivity index (χ1) is 20.1. The zero-order chi connectivity index (χ0) is 30.1. The molecular weight excluding hydrogens is 520 g/mol. The molecule has 8 nitrogen and oxygen atoms in total. The predicted molar refractivity (Wildman–Crippen MR) is 166 cm³/mol. The number of nitrogens with one attached hydrogen (secondary N) is 2. The van der Waals surface area contributed by atoms with Gasteiger partial charge in [0, 0.05) is 31.7 Å². The molecule has 0 bridgehead atoms. The lowest BCUT2D eigenvalue weighted by atomic mass is 10.2. The third kappa shape index (κ3) is 30.9. The molecule has 0 rings (SSSR count). The first kappa shape index (κ1) is 37.5. The van der Waals surface area contributed by atoms with Crippen molar-refractivity contribution in [1.82, 2.24) is 10.6 Å². The normalized spacial score (nSPS) is 12.3. The van der Waals surface area contributed by atoms with Gasteiger partial charge in [-0.05, 0) is 44.9 Å². The zero-order valence-electron chi connectivity index (χ0n) is 24.9. The minimum Gasteiger partial charge on any atom is -0.466 e. The molecule has 0 radical (unpaired) electrons. The Bertz CT molecular complexity index is 884. The molecule has 0 aromatic rings. The lowest BCUT2D eigenvalue weighted by Gasteiger charge is -2.07. The van der Waals surface area contributed by atoms with Crippen molar-refractivity contribution in [2.24, 2.45) is 0 Å². The summed E-state index contributed by atoms with van der Waals surface area (Å²) >= 11 is 0. The van der Waals surface area contributed by atoms with Crippen molar-refractivity contribution < 1.29 is 28.6 Å². The van der Waals surface area contributed by atoms with Gasteiger partial charge in [-0.15, -0.1) is 0 Å². The van der Waals surface area contributed by atoms with E-state index in [1.165, 1.54) is 7.11 Å². The molecule has 2 amide bonds. The highest BCUT2D eigenvalue weighted by Crippen LogP contribution is 1.98. The van der Waals surface area contributed by atoms with E-state index in [0.717, 1.165) is 50.7 Å². The third-order valence-electron chi connectivity index (χ3n) is 5.19. The van der Waals surface area contributed by atoms with Gasteiger partial charge in [0.05, 0.1) is 33.5 Å². The second-order valence-corrected chi connectivity index (χ2v) is 8.68. The van der Waals surface area contributed by atoms with Crippen LogP contribution in [0.1, 0.15) is 58.3 Å². The van der Waals surface area contributed by atoms with Crippen LogP contribution in [0, 0.1) is 0 Å². The fourth-order valence-corrected chi connectivity index (χ4v) is 3.04. The van der Waals surface area contributed by atoms with E-state index < -0.39 is 11.9 Å². The maximum atomic E-state index is 11.9. The van der Waals surface area contributed by atoms with Gasteiger partial charge in [0.15, 0.2) is 0 Å². The Labute approximate surface area is 247 Å². The monoisotopic (exact) mass is 570 g/mol. The van der Waals surface area contributed by atoms with Crippen molar-refractivity contribution >= 4 is 17.8 Å². The summed E-state index contributed by atoms with van der Waals surface area (Å²) in [5, 5.41) is 5.41. The number of rotatable bonds is 25. The molecule has 0 fully saturated rings. The van der Waals surface area contributed by atoms with Gasteiger partial charge >= 0.3 is 5.97 Å². The summed E-state index contributed by atoms with van der Waals surface area (Å²) in [4.78, 5) is 34.2. The second kappa shape index (κ2) is 31.0. The maximum Gasteiger partial charge on any atom is 0.330 e. The van der Waals surface area contributed by atoms with Crippen LogP contribution in [0.4, 0.5) is 0 Å². The van der Waals surface area contributed by atoms with Gasteiger partial charge in [-0.3, -0.25) is 9.59 Å². The highest BCUT2D eigenvalue weighted by molar-refractivity contribution is 5.94. The summed E-state index contributed by atoms with van der Waals surface area (Å²) in [7, 11) is 1.24. The molecule has 228 valence electrons. The van der Waals surface area contributed by atoms with E-state index in [1.54, 1.807) is 0 Å². The molecule has 0 heterocycles. The Morgan fingerprint density at radius 1 is 0.585 bits per heavy atom. The summed E-state index contributed by atoms with van der Waals surface area (Å²) in [6, 6.07) is 0. The molecule has 0 unspecified atom stereocenters. The van der Waals surface area contributed by atoms with Gasteiger partial charge in [-0.1, -0.05) is 79.8 Å². The van der Waals surface area contributed by atoms with Crippen molar-refractivity contribution in [2.75, 3.05) is 46.6 Å². The number of methoxy groups -OCH3 is 1. The number of allylic oxidation sites excluding steroid dienone is 12. The van der Waals surface area contributed by atoms with Gasteiger partial charge < -0.3 is 24.8 Å². The number of hydrogen-bond acceptors (Lipinski definition) is 6. The van der Waals surface area contributed by atoms with Gasteiger partial charge in [0.1, 0.15) is 0 Å². The van der Waals surface area contributed by atoms with Gasteiger partial charge in [-0.25, -0.2) is 4.79 Å². The van der Waals surface area contributed by atoms with Crippen molar-refractivity contribution in [3.05, 3.63) is 85.1 Å². The minimum atomic E-state index is -0.588. The molecule has 8 heteroatoms. The fourth-order valence-electron chi connectivity index (χ4n) is 3.04. The first-order valence-corrected chi connectivity index (χ1v) is 14.5. The van der Waals surface area contributed by atoms with Gasteiger partial charge in [0.25, 0.3) is 0 Å². The topological polar surface area (TPSA) is 103 Å². The Morgan fingerprint density at radius 3 is 1.54 bits per heavy atom. The third-order valence-corrected chi connectivity index (χ3v) is 5.19. The van der Waals surface area contributed by atoms with Crippen LogP contribution in [-0.4, -0.2) is 64.4 Å². The Hall–Kier alpha value is -3.49. The molecule has 2 N–H and O–H groups in total. The van der Waals surface area contributed by atoms with Gasteiger partial charge in [-0.2, -0.15) is 0 Å². The first-order valence-electron chi connectivity index (χ1n) is 14.5. The van der Waals surface area contributed by atoms with Crippen LogP contribution in [0.3, 0.4) is 0 Å². The number of ether oxygens (including phenoxy) is 3. The molecular formula is C33H50N2O6. The van der Waals surface area contributed by atoms with Crippen molar-refractivity contribution in [3.8, 4) is 0 Å². The molecule has 0 atom stereocenters. The molecule has 41 heavy (non-hydrogen) atoms. The fraction of sp³-hybridized carbons (Fsp3) is 0.485. The van der Waals surface area contributed by atoms with Crippen LogP contribution < -0.4 is 10.6 Å². The molecule has 0 saturated carbocycles. The number of carbonyl (C=O) groups excluding carboxylic acids is 3. The molecule has 0 aliphatic carbocycles. The largest absolute Gasteiger partial charge is 0.466 e. The quantitative estimate of drug-likeness (QED) is 0.0654. The van der Waals surface area contributed by atoms with E-state index in [-0.39, 0.29) is 5.91 Å². The standard InChI is InChI=1S/C33H50N2O6/c1-3-4-5-6-7-8-9-10-11-12-13-14-15-16-17-18-19-20-21-22-31(36)34-25-27-40-29-30-41-28-26-35-32(37)23-24-33(38)39-2/h4-5,7-8,10-11,13-14,16-17,19-20,23-24H,3,6,9,12,15,18,21-22,25-30H2,1-2H3,(H,34,36)(H,35,37)/b5-4-,8-7-,11-10-,14-13-,17-16-,20-19-,24-23+. The van der Waals surface area contributed by atoms with Crippen LogP contribution in [-0.2, 0) is 28.6 Å². The lowest BCUT2D eigenvalue weighted by Crippen LogP contribution is -2.28. The number of esters is 1. The predicted octanol–water partition coefficient (Wildman–Crippen LogP) is 5.46. The molecule has 0 aliphatic heterocycles. The van der Waals surface area contributed by atoms with E-state index in [2.05, 4.69) is 89.1 Å². The molecule has 0 aliphatic rings. The van der Waals surface area contributed by atoms with E-state index >= 15 is 0 Å². The summed E-state index contributed by atoms with van der Waals surface area (Å²) in [6.45, 7) is 4.42. The van der Waals surface area contributed by atoms with Gasteiger partial charge in [0.2, 0.25) is 11.8 Å². The number of amides is 2. The van der Waals surface area contributed by atoms with Crippen molar-refractivity contribution in [2.45, 2.75) is 58.3 Å². The lowest BCUT2D eigenvalue weighted by molar-refractivity contribution is -0.135. The Morgan fingerprint density at radius 2 is 1.05 bits per heavy atom. The van der Waals surface area contributed by atoms with E-state index in [9.17, 15) is 14.4 Å². The molecule has 0 aromatic heterocycles. The van der Waals surface area contributed by atoms with Crippen LogP contribution in [0.2, 0.25) is 0 Å². The van der Waals surface area contributed by atoms with E-state index in [1.807, 2.05) is 6.08 Å². The molecule has 0 aromatic carbocycles. The highest BCUT2D eigenvalue weighted by atomic mass is 16.5. The van der Waals surface area contributed by atoms with E-state index in [0.29, 0.717) is 52.4 Å². The summed E-state index contributed by atoms with van der Waals surface area (Å²) < 4.78 is 15.1. The van der Waals surface area contributed by atoms with Crippen molar-refractivity contribution in [1.29, 1.82) is 0 Å². The average Bonchev–Trinajstić information content (AvgIpc) is 2.97. The van der Waals surface area contributed by atoms with Crippen molar-refractivity contribution in [3.63, 3.8) is 0 Å². The van der Waals surface area contributed by atoms with Crippen LogP contribution >= 0.6 is 0 Å².